The second-order valence-electron chi connectivity index (χ2n) is 3.08. The second-order valence-corrected chi connectivity index (χ2v) is 3.08. The topological polar surface area (TPSA) is 29.1 Å². The number of carbonyl (C=O) groups excluding carboxylic acids is 1. The molecular formula is C8H11NO. The summed E-state index contributed by atoms with van der Waals surface area (Å²) in [5, 5.41) is 2.84. The summed E-state index contributed by atoms with van der Waals surface area (Å²) < 4.78 is 0. The van der Waals surface area contributed by atoms with E-state index in [1.54, 1.807) is 0 Å². The van der Waals surface area contributed by atoms with E-state index in [2.05, 4.69) is 17.5 Å². The van der Waals surface area contributed by atoms with Crippen LogP contribution in [0.25, 0.3) is 0 Å². The summed E-state index contributed by atoms with van der Waals surface area (Å²) in [4.78, 5) is 10.1. The lowest BCUT2D eigenvalue weighted by Gasteiger charge is -1.95. The van der Waals surface area contributed by atoms with Gasteiger partial charge in [-0.2, -0.15) is 0 Å². The van der Waals surface area contributed by atoms with Crippen LogP contribution in [0, 0.1) is 11.8 Å². The molecule has 2 nitrogen and oxygen atoms in total. The van der Waals surface area contributed by atoms with Gasteiger partial charge >= 0.3 is 0 Å². The van der Waals surface area contributed by atoms with Crippen molar-refractivity contribution in [3.63, 3.8) is 0 Å². The Hall–Kier alpha value is -0.790. The Labute approximate surface area is 60.3 Å². The first-order chi connectivity index (χ1) is 4.93. The van der Waals surface area contributed by atoms with E-state index in [0.717, 1.165) is 31.1 Å². The normalized spacial score (nSPS) is 42.2. The number of hydrogen-bond donors (Lipinski definition) is 1. The lowest BCUT2D eigenvalue weighted by molar-refractivity contribution is -0.109. The van der Waals surface area contributed by atoms with Crippen molar-refractivity contribution in [3.05, 3.63) is 12.2 Å². The highest BCUT2D eigenvalue weighted by molar-refractivity contribution is 5.48. The summed E-state index contributed by atoms with van der Waals surface area (Å²) in [6.07, 6.45) is 7.58. The van der Waals surface area contributed by atoms with Gasteiger partial charge in [-0.15, -0.1) is 0 Å². The Kier molecular flexibility index (Phi) is 1.26. The lowest BCUT2D eigenvalue weighted by atomic mass is 10.1. The summed E-state index contributed by atoms with van der Waals surface area (Å²) in [7, 11) is 0. The average molecular weight is 137 g/mol. The highest BCUT2D eigenvalue weighted by atomic mass is 16.1. The standard InChI is InChI=1S/C8H11NO/c10-5-9-8-6-3-1-2-4-7(6)8/h1-2,5-8H,3-4H2,(H,9,10). The van der Waals surface area contributed by atoms with Gasteiger partial charge in [-0.3, -0.25) is 4.79 Å². The molecule has 0 aromatic heterocycles. The van der Waals surface area contributed by atoms with Gasteiger partial charge in [0.1, 0.15) is 0 Å². The molecule has 0 radical (unpaired) electrons. The Bertz CT molecular complexity index is 162. The predicted octanol–water partition coefficient (Wildman–Crippen LogP) is 0.697. The Balaban J connectivity index is 1.92. The first-order valence-electron chi connectivity index (χ1n) is 3.78. The number of nitrogens with one attached hydrogen (secondary N) is 1. The fraction of sp³-hybridized carbons (Fsp3) is 0.625. The quantitative estimate of drug-likeness (QED) is 0.440. The molecule has 0 heterocycles. The first kappa shape index (κ1) is 5.96. The van der Waals surface area contributed by atoms with Gasteiger partial charge in [0.05, 0.1) is 0 Å². The molecule has 0 saturated heterocycles. The predicted molar refractivity (Wildman–Crippen MR) is 38.3 cm³/mol. The van der Waals surface area contributed by atoms with Gasteiger partial charge in [0, 0.05) is 6.04 Å². The number of rotatable bonds is 2. The van der Waals surface area contributed by atoms with Crippen molar-refractivity contribution in [1.29, 1.82) is 0 Å². The molecule has 2 unspecified atom stereocenters. The maximum Gasteiger partial charge on any atom is 0.207 e. The first-order valence-corrected chi connectivity index (χ1v) is 3.78. The van der Waals surface area contributed by atoms with E-state index in [1.807, 2.05) is 0 Å². The molecule has 54 valence electrons. The molecule has 2 aliphatic carbocycles. The molecule has 0 aromatic rings. The lowest BCUT2D eigenvalue weighted by Crippen LogP contribution is -2.16. The fourth-order valence-corrected chi connectivity index (χ4v) is 1.92. The molecule has 2 aliphatic rings. The Morgan fingerprint density at radius 3 is 2.40 bits per heavy atom. The van der Waals surface area contributed by atoms with Gasteiger partial charge < -0.3 is 5.32 Å². The molecule has 1 saturated carbocycles. The molecule has 0 aromatic carbocycles. The molecule has 0 bridgehead atoms. The monoisotopic (exact) mass is 137 g/mol. The van der Waals surface area contributed by atoms with Crippen molar-refractivity contribution in [3.8, 4) is 0 Å². The van der Waals surface area contributed by atoms with Crippen molar-refractivity contribution < 1.29 is 4.79 Å². The van der Waals surface area contributed by atoms with Gasteiger partial charge in [0.25, 0.3) is 0 Å². The summed E-state index contributed by atoms with van der Waals surface area (Å²) in [5.74, 6) is 1.52. The summed E-state index contributed by atoms with van der Waals surface area (Å²) >= 11 is 0. The van der Waals surface area contributed by atoms with Gasteiger partial charge in [-0.05, 0) is 24.7 Å². The molecular weight excluding hydrogens is 126 g/mol. The van der Waals surface area contributed by atoms with Crippen LogP contribution < -0.4 is 5.32 Å². The summed E-state index contributed by atoms with van der Waals surface area (Å²) in [5.41, 5.74) is 0. The molecule has 0 aliphatic heterocycles. The minimum absolute atomic E-state index is 0.493. The van der Waals surface area contributed by atoms with Crippen LogP contribution in [0.1, 0.15) is 12.8 Å². The van der Waals surface area contributed by atoms with E-state index >= 15 is 0 Å². The molecule has 1 N–H and O–H groups in total. The number of allylic oxidation sites excluding steroid dienone is 2. The largest absolute Gasteiger partial charge is 0.355 e. The van der Waals surface area contributed by atoms with E-state index in [4.69, 9.17) is 0 Å². The number of fused-ring (bicyclic) bond motifs is 1. The van der Waals surface area contributed by atoms with Crippen LogP contribution in [0.2, 0.25) is 0 Å². The zero-order valence-corrected chi connectivity index (χ0v) is 5.79. The van der Waals surface area contributed by atoms with Crippen LogP contribution >= 0.6 is 0 Å². The van der Waals surface area contributed by atoms with Crippen LogP contribution in [0.4, 0.5) is 0 Å². The molecule has 1 amide bonds. The Morgan fingerprint density at radius 2 is 1.90 bits per heavy atom. The van der Waals surface area contributed by atoms with Crippen molar-refractivity contribution in [2.24, 2.45) is 11.8 Å². The maximum absolute atomic E-state index is 10.1. The van der Waals surface area contributed by atoms with Crippen molar-refractivity contribution in [1.82, 2.24) is 5.32 Å². The van der Waals surface area contributed by atoms with Crippen molar-refractivity contribution >= 4 is 6.41 Å². The van der Waals surface area contributed by atoms with Crippen LogP contribution in [-0.2, 0) is 4.79 Å². The van der Waals surface area contributed by atoms with Gasteiger partial charge in [0.2, 0.25) is 6.41 Å². The van der Waals surface area contributed by atoms with Crippen LogP contribution in [0.5, 0.6) is 0 Å². The highest BCUT2D eigenvalue weighted by Crippen LogP contribution is 2.46. The second kappa shape index (κ2) is 2.11. The third-order valence-electron chi connectivity index (χ3n) is 2.58. The van der Waals surface area contributed by atoms with Gasteiger partial charge in [-0.25, -0.2) is 0 Å². The molecule has 0 spiro atoms. The summed E-state index contributed by atoms with van der Waals surface area (Å²) in [6.45, 7) is 0. The molecule has 2 rings (SSSR count). The molecule has 1 fully saturated rings. The SMILES string of the molecule is O=CNC1C2CC=CCC21. The van der Waals surface area contributed by atoms with E-state index in [0.29, 0.717) is 6.04 Å². The molecule has 2 atom stereocenters. The number of carbonyl (C=O) groups is 1. The van der Waals surface area contributed by atoms with E-state index in [-0.39, 0.29) is 0 Å². The van der Waals surface area contributed by atoms with E-state index in [9.17, 15) is 4.79 Å². The Morgan fingerprint density at radius 1 is 1.30 bits per heavy atom. The zero-order valence-electron chi connectivity index (χ0n) is 5.79. The minimum Gasteiger partial charge on any atom is -0.355 e. The zero-order chi connectivity index (χ0) is 6.97. The van der Waals surface area contributed by atoms with Crippen molar-refractivity contribution in [2.75, 3.05) is 0 Å². The third-order valence-corrected chi connectivity index (χ3v) is 2.58. The van der Waals surface area contributed by atoms with Gasteiger partial charge in [-0.1, -0.05) is 12.2 Å². The number of amides is 1. The van der Waals surface area contributed by atoms with E-state index < -0.39 is 0 Å². The molecule has 10 heavy (non-hydrogen) atoms. The van der Waals surface area contributed by atoms with Crippen LogP contribution in [-0.4, -0.2) is 12.5 Å². The highest BCUT2D eigenvalue weighted by Gasteiger charge is 2.49. The smallest absolute Gasteiger partial charge is 0.207 e. The van der Waals surface area contributed by atoms with Crippen LogP contribution in [0.15, 0.2) is 12.2 Å². The van der Waals surface area contributed by atoms with Gasteiger partial charge in [0.15, 0.2) is 0 Å². The fourth-order valence-electron chi connectivity index (χ4n) is 1.92. The average Bonchev–Trinajstić information content (AvgIpc) is 2.66. The third kappa shape index (κ3) is 0.753. The van der Waals surface area contributed by atoms with E-state index in [1.165, 1.54) is 0 Å². The van der Waals surface area contributed by atoms with Crippen molar-refractivity contribution in [2.45, 2.75) is 18.9 Å². The maximum atomic E-state index is 10.1. The summed E-state index contributed by atoms with van der Waals surface area (Å²) in [6, 6.07) is 0.493. The minimum atomic E-state index is 0.493. The number of hydrogen-bond acceptors (Lipinski definition) is 1. The van der Waals surface area contributed by atoms with Crippen LogP contribution in [0.3, 0.4) is 0 Å². The molecule has 2 heteroatoms.